The first-order chi connectivity index (χ1) is 14.5. The summed E-state index contributed by atoms with van der Waals surface area (Å²) in [6, 6.07) is 18.2. The number of benzene rings is 2. The summed E-state index contributed by atoms with van der Waals surface area (Å²) in [7, 11) is 0. The molecule has 1 atom stereocenters. The number of hydrogen-bond acceptors (Lipinski definition) is 4. The number of amides is 2. The van der Waals surface area contributed by atoms with Gasteiger partial charge < -0.3 is 19.7 Å². The van der Waals surface area contributed by atoms with Gasteiger partial charge in [0.15, 0.2) is 6.61 Å². The molecule has 2 aromatic rings. The Balaban J connectivity index is 1.97. The SMILES string of the molecule is CC(C)OCCCNC(=O)[C@@H](C)N(Cc1ccccc1)C(=O)COc1ccccc1. The minimum absolute atomic E-state index is 0.128. The van der Waals surface area contributed by atoms with E-state index in [0.717, 1.165) is 12.0 Å². The average molecular weight is 413 g/mol. The van der Waals surface area contributed by atoms with Gasteiger partial charge in [-0.1, -0.05) is 48.5 Å². The fourth-order valence-corrected chi connectivity index (χ4v) is 2.86. The molecule has 0 aliphatic rings. The van der Waals surface area contributed by atoms with Gasteiger partial charge in [-0.15, -0.1) is 0 Å². The van der Waals surface area contributed by atoms with E-state index in [1.165, 1.54) is 0 Å². The normalized spacial score (nSPS) is 11.7. The van der Waals surface area contributed by atoms with Gasteiger partial charge in [0.25, 0.3) is 5.91 Å². The van der Waals surface area contributed by atoms with E-state index in [1.54, 1.807) is 24.0 Å². The quantitative estimate of drug-likeness (QED) is 0.543. The lowest BCUT2D eigenvalue weighted by Gasteiger charge is -2.28. The second-order valence-electron chi connectivity index (χ2n) is 7.35. The standard InChI is InChI=1S/C24H32N2O4/c1-19(2)29-16-10-15-25-24(28)20(3)26(17-21-11-6-4-7-12-21)23(27)18-30-22-13-8-5-9-14-22/h4-9,11-14,19-20H,10,15-18H2,1-3H3,(H,25,28)/t20-/m1/s1. The Labute approximate surface area is 179 Å². The molecule has 0 bridgehead atoms. The van der Waals surface area contributed by atoms with Gasteiger partial charge in [-0.2, -0.15) is 0 Å². The average Bonchev–Trinajstić information content (AvgIpc) is 2.76. The van der Waals surface area contributed by atoms with Gasteiger partial charge in [0, 0.05) is 19.7 Å². The van der Waals surface area contributed by atoms with Crippen LogP contribution in [0.25, 0.3) is 0 Å². The lowest BCUT2D eigenvalue weighted by molar-refractivity contribution is -0.142. The topological polar surface area (TPSA) is 67.9 Å². The highest BCUT2D eigenvalue weighted by molar-refractivity contribution is 5.87. The van der Waals surface area contributed by atoms with Gasteiger partial charge >= 0.3 is 0 Å². The van der Waals surface area contributed by atoms with Crippen molar-refractivity contribution in [3.05, 3.63) is 66.2 Å². The monoisotopic (exact) mass is 412 g/mol. The van der Waals surface area contributed by atoms with E-state index in [2.05, 4.69) is 5.32 Å². The highest BCUT2D eigenvalue weighted by Crippen LogP contribution is 2.12. The first-order valence-electron chi connectivity index (χ1n) is 10.4. The Hall–Kier alpha value is -2.86. The summed E-state index contributed by atoms with van der Waals surface area (Å²) in [6.45, 7) is 6.99. The van der Waals surface area contributed by atoms with Crippen LogP contribution in [0.3, 0.4) is 0 Å². The summed E-state index contributed by atoms with van der Waals surface area (Å²) in [4.78, 5) is 27.1. The summed E-state index contributed by atoms with van der Waals surface area (Å²) in [5.74, 6) is 0.185. The zero-order valence-electron chi connectivity index (χ0n) is 18.0. The van der Waals surface area contributed by atoms with Crippen LogP contribution in [0.1, 0.15) is 32.8 Å². The molecule has 0 unspecified atom stereocenters. The van der Waals surface area contributed by atoms with Crippen LogP contribution in [0.2, 0.25) is 0 Å². The lowest BCUT2D eigenvalue weighted by Crippen LogP contribution is -2.49. The molecule has 0 radical (unpaired) electrons. The van der Waals surface area contributed by atoms with E-state index in [9.17, 15) is 9.59 Å². The smallest absolute Gasteiger partial charge is 0.261 e. The first kappa shape index (κ1) is 23.4. The molecular weight excluding hydrogens is 380 g/mol. The van der Waals surface area contributed by atoms with Crippen molar-refractivity contribution < 1.29 is 19.1 Å². The van der Waals surface area contributed by atoms with Crippen LogP contribution < -0.4 is 10.1 Å². The van der Waals surface area contributed by atoms with Crippen molar-refractivity contribution in [2.45, 2.75) is 45.9 Å². The number of carbonyl (C=O) groups is 2. The van der Waals surface area contributed by atoms with Crippen LogP contribution in [0.4, 0.5) is 0 Å². The maximum Gasteiger partial charge on any atom is 0.261 e. The molecule has 0 fully saturated rings. The zero-order chi connectivity index (χ0) is 21.8. The summed E-state index contributed by atoms with van der Waals surface area (Å²) in [6.07, 6.45) is 0.892. The van der Waals surface area contributed by atoms with Gasteiger partial charge in [0.1, 0.15) is 11.8 Å². The fourth-order valence-electron chi connectivity index (χ4n) is 2.86. The van der Waals surface area contributed by atoms with Crippen molar-refractivity contribution in [3.8, 4) is 5.75 Å². The van der Waals surface area contributed by atoms with Gasteiger partial charge in [-0.25, -0.2) is 0 Å². The molecule has 0 aromatic heterocycles. The van der Waals surface area contributed by atoms with E-state index in [-0.39, 0.29) is 24.5 Å². The second kappa shape index (κ2) is 12.6. The molecule has 0 saturated carbocycles. The van der Waals surface area contributed by atoms with Crippen molar-refractivity contribution in [3.63, 3.8) is 0 Å². The highest BCUT2D eigenvalue weighted by atomic mass is 16.5. The molecule has 0 aliphatic carbocycles. The van der Waals surface area contributed by atoms with Crippen LogP contribution in [-0.4, -0.2) is 48.6 Å². The number of ether oxygens (including phenoxy) is 2. The first-order valence-corrected chi connectivity index (χ1v) is 10.4. The molecule has 6 heteroatoms. The lowest BCUT2D eigenvalue weighted by atomic mass is 10.1. The number of nitrogens with one attached hydrogen (secondary N) is 1. The maximum absolute atomic E-state index is 12.9. The predicted octanol–water partition coefficient (Wildman–Crippen LogP) is 3.41. The summed E-state index contributed by atoms with van der Waals surface area (Å²) < 4.78 is 11.1. The van der Waals surface area contributed by atoms with Gasteiger partial charge in [-0.3, -0.25) is 9.59 Å². The van der Waals surface area contributed by atoms with Crippen LogP contribution in [0.15, 0.2) is 60.7 Å². The Kier molecular flexibility index (Phi) is 9.87. The van der Waals surface area contributed by atoms with Crippen LogP contribution >= 0.6 is 0 Å². The van der Waals surface area contributed by atoms with E-state index in [1.807, 2.05) is 62.4 Å². The predicted molar refractivity (Wildman–Crippen MR) is 117 cm³/mol. The molecule has 0 saturated heterocycles. The molecule has 30 heavy (non-hydrogen) atoms. The van der Waals surface area contributed by atoms with Gasteiger partial charge in [0.2, 0.25) is 5.91 Å². The van der Waals surface area contributed by atoms with Crippen molar-refractivity contribution in [1.82, 2.24) is 10.2 Å². The summed E-state index contributed by atoms with van der Waals surface area (Å²) in [5.41, 5.74) is 0.954. The number of para-hydroxylation sites is 1. The number of carbonyl (C=O) groups excluding carboxylic acids is 2. The van der Waals surface area contributed by atoms with E-state index in [0.29, 0.717) is 25.4 Å². The molecule has 162 valence electrons. The second-order valence-corrected chi connectivity index (χ2v) is 7.35. The third-order valence-electron chi connectivity index (χ3n) is 4.54. The Morgan fingerprint density at radius 1 is 0.967 bits per heavy atom. The molecule has 1 N–H and O–H groups in total. The zero-order valence-corrected chi connectivity index (χ0v) is 18.0. The number of rotatable bonds is 12. The largest absolute Gasteiger partial charge is 0.484 e. The molecule has 6 nitrogen and oxygen atoms in total. The van der Waals surface area contributed by atoms with Gasteiger partial charge in [-0.05, 0) is 44.9 Å². The van der Waals surface area contributed by atoms with Crippen LogP contribution in [0, 0.1) is 0 Å². The van der Waals surface area contributed by atoms with Crippen LogP contribution in [-0.2, 0) is 20.9 Å². The van der Waals surface area contributed by atoms with E-state index < -0.39 is 6.04 Å². The Morgan fingerprint density at radius 2 is 1.60 bits per heavy atom. The van der Waals surface area contributed by atoms with Crippen LogP contribution in [0.5, 0.6) is 5.75 Å². The van der Waals surface area contributed by atoms with Crippen molar-refractivity contribution in [2.75, 3.05) is 19.8 Å². The number of nitrogens with zero attached hydrogens (tertiary/aromatic N) is 1. The summed E-state index contributed by atoms with van der Waals surface area (Å²) in [5, 5.41) is 2.90. The van der Waals surface area contributed by atoms with E-state index in [4.69, 9.17) is 9.47 Å². The van der Waals surface area contributed by atoms with Crippen molar-refractivity contribution in [2.24, 2.45) is 0 Å². The number of hydrogen-bond donors (Lipinski definition) is 1. The molecule has 2 amide bonds. The molecule has 0 aliphatic heterocycles. The maximum atomic E-state index is 12.9. The highest BCUT2D eigenvalue weighted by Gasteiger charge is 2.26. The third-order valence-corrected chi connectivity index (χ3v) is 4.54. The Bertz CT molecular complexity index is 765. The Morgan fingerprint density at radius 3 is 2.23 bits per heavy atom. The fraction of sp³-hybridized carbons (Fsp3) is 0.417. The third kappa shape index (κ3) is 8.25. The van der Waals surface area contributed by atoms with E-state index >= 15 is 0 Å². The van der Waals surface area contributed by atoms with Crippen molar-refractivity contribution >= 4 is 11.8 Å². The molecule has 0 spiro atoms. The minimum Gasteiger partial charge on any atom is -0.484 e. The molecule has 2 rings (SSSR count). The molecule has 2 aromatic carbocycles. The summed E-state index contributed by atoms with van der Waals surface area (Å²) >= 11 is 0. The molecular formula is C24H32N2O4. The molecule has 0 heterocycles. The van der Waals surface area contributed by atoms with Crippen molar-refractivity contribution in [1.29, 1.82) is 0 Å². The van der Waals surface area contributed by atoms with Gasteiger partial charge in [0.05, 0.1) is 6.10 Å². The minimum atomic E-state index is -0.622.